The van der Waals surface area contributed by atoms with Crippen LogP contribution in [0.4, 0.5) is 5.69 Å². The summed E-state index contributed by atoms with van der Waals surface area (Å²) in [6.07, 6.45) is 0.219. The first-order valence-corrected chi connectivity index (χ1v) is 5.38. The van der Waals surface area contributed by atoms with E-state index in [2.05, 4.69) is 5.32 Å². The van der Waals surface area contributed by atoms with E-state index < -0.39 is 12.1 Å². The fourth-order valence-corrected chi connectivity index (χ4v) is 1.69. The number of carbonyl (C=O) groups is 2. The van der Waals surface area contributed by atoms with Crippen molar-refractivity contribution in [1.29, 1.82) is 0 Å². The van der Waals surface area contributed by atoms with E-state index in [1.54, 1.807) is 18.2 Å². The molecule has 0 saturated carbocycles. The summed E-state index contributed by atoms with van der Waals surface area (Å²) in [5, 5.41) is 11.5. The number of ether oxygens (including phenoxy) is 1. The SMILES string of the molecule is C[C@H](Oc1ccc2c(c1)CCC(=O)N2)C(=O)O. The molecule has 5 heteroatoms. The molecule has 1 aromatic rings. The maximum absolute atomic E-state index is 11.2. The van der Waals surface area contributed by atoms with Gasteiger partial charge in [-0.15, -0.1) is 0 Å². The summed E-state index contributed by atoms with van der Waals surface area (Å²) in [7, 11) is 0. The molecule has 1 aliphatic rings. The first kappa shape index (κ1) is 11.4. The molecule has 0 radical (unpaired) electrons. The predicted molar refractivity (Wildman–Crippen MR) is 61.1 cm³/mol. The molecule has 0 aliphatic carbocycles. The van der Waals surface area contributed by atoms with Crippen molar-refractivity contribution in [2.24, 2.45) is 0 Å². The molecule has 0 unspecified atom stereocenters. The third kappa shape index (κ3) is 2.55. The van der Waals surface area contributed by atoms with Crippen LogP contribution in [0.15, 0.2) is 18.2 Å². The Morgan fingerprint density at radius 2 is 2.24 bits per heavy atom. The van der Waals surface area contributed by atoms with E-state index in [9.17, 15) is 9.59 Å². The van der Waals surface area contributed by atoms with Gasteiger partial charge in [-0.1, -0.05) is 0 Å². The molecule has 1 aromatic carbocycles. The maximum atomic E-state index is 11.2. The van der Waals surface area contributed by atoms with E-state index in [4.69, 9.17) is 9.84 Å². The van der Waals surface area contributed by atoms with Gasteiger partial charge in [-0.05, 0) is 37.1 Å². The van der Waals surface area contributed by atoms with E-state index in [1.165, 1.54) is 6.92 Å². The molecule has 0 bridgehead atoms. The number of carboxylic acids is 1. The van der Waals surface area contributed by atoms with Crippen molar-refractivity contribution < 1.29 is 19.4 Å². The molecule has 1 amide bonds. The number of aryl methyl sites for hydroxylation is 1. The monoisotopic (exact) mass is 235 g/mol. The summed E-state index contributed by atoms with van der Waals surface area (Å²) in [6.45, 7) is 1.48. The Morgan fingerprint density at radius 1 is 1.47 bits per heavy atom. The molecule has 5 nitrogen and oxygen atoms in total. The van der Waals surface area contributed by atoms with Crippen LogP contribution in [0.5, 0.6) is 5.75 Å². The molecule has 0 saturated heterocycles. The number of nitrogens with one attached hydrogen (secondary N) is 1. The Kier molecular flexibility index (Phi) is 2.99. The third-order valence-electron chi connectivity index (χ3n) is 2.63. The van der Waals surface area contributed by atoms with E-state index in [0.29, 0.717) is 18.6 Å². The van der Waals surface area contributed by atoms with Crippen molar-refractivity contribution in [2.75, 3.05) is 5.32 Å². The topological polar surface area (TPSA) is 75.6 Å². The Balaban J connectivity index is 2.16. The zero-order valence-corrected chi connectivity index (χ0v) is 9.40. The first-order chi connectivity index (χ1) is 8.06. The largest absolute Gasteiger partial charge is 0.479 e. The van der Waals surface area contributed by atoms with Crippen molar-refractivity contribution in [3.8, 4) is 5.75 Å². The minimum absolute atomic E-state index is 0.00470. The smallest absolute Gasteiger partial charge is 0.344 e. The van der Waals surface area contributed by atoms with Gasteiger partial charge in [0.25, 0.3) is 0 Å². The molecular formula is C12H13NO4. The lowest BCUT2D eigenvalue weighted by atomic mass is 10.0. The van der Waals surface area contributed by atoms with Crippen LogP contribution in [-0.4, -0.2) is 23.1 Å². The average Bonchev–Trinajstić information content (AvgIpc) is 2.29. The van der Waals surface area contributed by atoms with Gasteiger partial charge in [-0.2, -0.15) is 0 Å². The number of rotatable bonds is 3. The van der Waals surface area contributed by atoms with Crippen LogP contribution >= 0.6 is 0 Å². The number of hydrogen-bond acceptors (Lipinski definition) is 3. The first-order valence-electron chi connectivity index (χ1n) is 5.38. The molecular weight excluding hydrogens is 222 g/mol. The second-order valence-electron chi connectivity index (χ2n) is 3.97. The van der Waals surface area contributed by atoms with Crippen LogP contribution in [0, 0.1) is 0 Å². The average molecular weight is 235 g/mol. The van der Waals surface area contributed by atoms with E-state index in [1.807, 2.05) is 0 Å². The Hall–Kier alpha value is -2.04. The van der Waals surface area contributed by atoms with Gasteiger partial charge in [0.2, 0.25) is 5.91 Å². The lowest BCUT2D eigenvalue weighted by molar-refractivity contribution is -0.144. The fourth-order valence-electron chi connectivity index (χ4n) is 1.69. The van der Waals surface area contributed by atoms with Crippen molar-refractivity contribution in [2.45, 2.75) is 25.9 Å². The lowest BCUT2D eigenvalue weighted by Crippen LogP contribution is -2.23. The minimum atomic E-state index is -1.00. The standard InChI is InChI=1S/C12H13NO4/c1-7(12(15)16)17-9-3-4-10-8(6-9)2-5-11(14)13-10/h3-4,6-7H,2,5H2,1H3,(H,13,14)(H,15,16)/t7-/m0/s1. The summed E-state index contributed by atoms with van der Waals surface area (Å²) >= 11 is 0. The number of anilines is 1. The summed E-state index contributed by atoms with van der Waals surface area (Å²) in [5.41, 5.74) is 1.75. The quantitative estimate of drug-likeness (QED) is 0.830. The summed E-state index contributed by atoms with van der Waals surface area (Å²) in [6, 6.07) is 5.16. The van der Waals surface area contributed by atoms with Gasteiger partial charge < -0.3 is 15.2 Å². The van der Waals surface area contributed by atoms with E-state index >= 15 is 0 Å². The molecule has 0 fully saturated rings. The van der Waals surface area contributed by atoms with Crippen LogP contribution in [0.2, 0.25) is 0 Å². The fraction of sp³-hybridized carbons (Fsp3) is 0.333. The molecule has 90 valence electrons. The van der Waals surface area contributed by atoms with Gasteiger partial charge in [-0.3, -0.25) is 4.79 Å². The highest BCUT2D eigenvalue weighted by Gasteiger charge is 2.17. The zero-order chi connectivity index (χ0) is 12.4. The van der Waals surface area contributed by atoms with Crippen molar-refractivity contribution in [3.63, 3.8) is 0 Å². The van der Waals surface area contributed by atoms with Crippen molar-refractivity contribution >= 4 is 17.6 Å². The van der Waals surface area contributed by atoms with Crippen molar-refractivity contribution in [1.82, 2.24) is 0 Å². The van der Waals surface area contributed by atoms with Crippen LogP contribution in [0.1, 0.15) is 18.9 Å². The normalized spacial score (nSPS) is 15.7. The number of carboxylic acid groups (broad SMARTS) is 1. The lowest BCUT2D eigenvalue weighted by Gasteiger charge is -2.18. The van der Waals surface area contributed by atoms with E-state index in [0.717, 1.165) is 11.3 Å². The van der Waals surface area contributed by atoms with Crippen LogP contribution in [0.3, 0.4) is 0 Å². The second kappa shape index (κ2) is 4.45. The Morgan fingerprint density at radius 3 is 2.94 bits per heavy atom. The van der Waals surface area contributed by atoms with Crippen molar-refractivity contribution in [3.05, 3.63) is 23.8 Å². The molecule has 2 N–H and O–H groups in total. The minimum Gasteiger partial charge on any atom is -0.479 e. The summed E-state index contributed by atoms with van der Waals surface area (Å²) in [4.78, 5) is 21.8. The number of benzene rings is 1. The van der Waals surface area contributed by atoms with Gasteiger partial charge in [0.05, 0.1) is 0 Å². The Bertz CT molecular complexity index is 470. The molecule has 1 heterocycles. The number of carbonyl (C=O) groups excluding carboxylic acids is 1. The zero-order valence-electron chi connectivity index (χ0n) is 9.40. The Labute approximate surface area is 98.4 Å². The van der Waals surface area contributed by atoms with Gasteiger partial charge in [0.15, 0.2) is 6.10 Å². The number of amides is 1. The molecule has 17 heavy (non-hydrogen) atoms. The number of hydrogen-bond donors (Lipinski definition) is 2. The second-order valence-corrected chi connectivity index (χ2v) is 3.97. The van der Waals surface area contributed by atoms with Gasteiger partial charge in [-0.25, -0.2) is 4.79 Å². The van der Waals surface area contributed by atoms with Gasteiger partial charge in [0.1, 0.15) is 5.75 Å². The van der Waals surface area contributed by atoms with E-state index in [-0.39, 0.29) is 5.91 Å². The van der Waals surface area contributed by atoms with Gasteiger partial charge >= 0.3 is 5.97 Å². The number of aliphatic carboxylic acids is 1. The summed E-state index contributed by atoms with van der Waals surface area (Å²) < 4.78 is 5.26. The molecule has 1 aliphatic heterocycles. The highest BCUT2D eigenvalue weighted by atomic mass is 16.5. The molecule has 0 spiro atoms. The van der Waals surface area contributed by atoms with Crippen LogP contribution in [0.25, 0.3) is 0 Å². The molecule has 1 atom stereocenters. The maximum Gasteiger partial charge on any atom is 0.344 e. The third-order valence-corrected chi connectivity index (χ3v) is 2.63. The molecule has 0 aromatic heterocycles. The number of fused-ring (bicyclic) bond motifs is 1. The molecule has 2 rings (SSSR count). The van der Waals surface area contributed by atoms with Gasteiger partial charge in [0, 0.05) is 12.1 Å². The summed E-state index contributed by atoms with van der Waals surface area (Å²) in [5.74, 6) is -0.490. The van der Waals surface area contributed by atoms with Crippen LogP contribution < -0.4 is 10.1 Å². The highest BCUT2D eigenvalue weighted by molar-refractivity contribution is 5.94. The highest BCUT2D eigenvalue weighted by Crippen LogP contribution is 2.27. The van der Waals surface area contributed by atoms with Crippen LogP contribution in [-0.2, 0) is 16.0 Å². The predicted octanol–water partition coefficient (Wildman–Crippen LogP) is 1.42.